The molecular weight excluding hydrogens is 256 g/mol. The molecule has 0 saturated carbocycles. The predicted molar refractivity (Wildman–Crippen MR) is 67.3 cm³/mol. The minimum absolute atomic E-state index is 0.181. The van der Waals surface area contributed by atoms with Gasteiger partial charge in [-0.3, -0.25) is 4.21 Å². The maximum Gasteiger partial charge on any atom is 0.130 e. The average Bonchev–Trinajstić information content (AvgIpc) is 2.34. The molecule has 18 heavy (non-hydrogen) atoms. The van der Waals surface area contributed by atoms with Crippen molar-refractivity contribution in [2.75, 3.05) is 5.73 Å². The van der Waals surface area contributed by atoms with Gasteiger partial charge in [0.25, 0.3) is 0 Å². The Morgan fingerprint density at radius 2 is 1.61 bits per heavy atom. The van der Waals surface area contributed by atoms with Crippen LogP contribution in [-0.2, 0) is 16.6 Å². The number of nitrogens with two attached hydrogens (primary N) is 1. The molecule has 94 valence electrons. The summed E-state index contributed by atoms with van der Waals surface area (Å²) in [6.07, 6.45) is 0. The maximum absolute atomic E-state index is 13.4. The van der Waals surface area contributed by atoms with Gasteiger partial charge in [0.15, 0.2) is 0 Å². The van der Waals surface area contributed by atoms with E-state index in [0.717, 1.165) is 12.1 Å². The van der Waals surface area contributed by atoms with E-state index in [1.54, 1.807) is 24.3 Å². The second kappa shape index (κ2) is 5.27. The third kappa shape index (κ3) is 2.56. The SMILES string of the molecule is Nc1ccccc1S(=O)Cc1c(F)cccc1F. The molecule has 0 aliphatic carbocycles. The molecule has 2 N–H and O–H groups in total. The zero-order valence-corrected chi connectivity index (χ0v) is 10.2. The molecule has 0 aromatic heterocycles. The van der Waals surface area contributed by atoms with Crippen molar-refractivity contribution in [3.8, 4) is 0 Å². The molecule has 1 unspecified atom stereocenters. The lowest BCUT2D eigenvalue weighted by molar-refractivity contribution is 0.564. The van der Waals surface area contributed by atoms with Crippen LogP contribution >= 0.6 is 0 Å². The molecule has 0 saturated heterocycles. The van der Waals surface area contributed by atoms with Crippen molar-refractivity contribution in [1.82, 2.24) is 0 Å². The highest BCUT2D eigenvalue weighted by atomic mass is 32.2. The van der Waals surface area contributed by atoms with Gasteiger partial charge in [0.1, 0.15) is 11.6 Å². The molecule has 2 rings (SSSR count). The number of nitrogen functional groups attached to an aromatic ring is 1. The van der Waals surface area contributed by atoms with E-state index in [2.05, 4.69) is 0 Å². The quantitative estimate of drug-likeness (QED) is 0.869. The number of anilines is 1. The lowest BCUT2D eigenvalue weighted by atomic mass is 10.2. The molecule has 2 aromatic carbocycles. The van der Waals surface area contributed by atoms with E-state index in [9.17, 15) is 13.0 Å². The molecule has 0 amide bonds. The minimum atomic E-state index is -1.57. The van der Waals surface area contributed by atoms with Gasteiger partial charge in [0.2, 0.25) is 0 Å². The van der Waals surface area contributed by atoms with Crippen molar-refractivity contribution in [3.63, 3.8) is 0 Å². The van der Waals surface area contributed by atoms with E-state index < -0.39 is 22.4 Å². The number of para-hydroxylation sites is 1. The fourth-order valence-corrected chi connectivity index (χ4v) is 2.82. The van der Waals surface area contributed by atoms with Crippen LogP contribution in [0.15, 0.2) is 47.4 Å². The van der Waals surface area contributed by atoms with Gasteiger partial charge < -0.3 is 5.73 Å². The van der Waals surface area contributed by atoms with Crippen LogP contribution in [0, 0.1) is 11.6 Å². The summed E-state index contributed by atoms with van der Waals surface area (Å²) >= 11 is 0. The molecule has 1 atom stereocenters. The van der Waals surface area contributed by atoms with Gasteiger partial charge >= 0.3 is 0 Å². The van der Waals surface area contributed by atoms with Crippen LogP contribution in [0.2, 0.25) is 0 Å². The molecule has 2 aromatic rings. The second-order valence-electron chi connectivity index (χ2n) is 3.73. The number of halogens is 2. The molecule has 0 aliphatic heterocycles. The molecule has 2 nitrogen and oxygen atoms in total. The van der Waals surface area contributed by atoms with Gasteiger partial charge in [0.05, 0.1) is 21.4 Å². The van der Waals surface area contributed by atoms with Gasteiger partial charge in [-0.15, -0.1) is 0 Å². The first-order chi connectivity index (χ1) is 8.59. The molecular formula is C13H11F2NOS. The van der Waals surface area contributed by atoms with Crippen LogP contribution in [0.25, 0.3) is 0 Å². The lowest BCUT2D eigenvalue weighted by Gasteiger charge is -2.07. The number of benzene rings is 2. The van der Waals surface area contributed by atoms with Crippen LogP contribution in [-0.4, -0.2) is 4.21 Å². The molecule has 0 fully saturated rings. The zero-order valence-electron chi connectivity index (χ0n) is 9.40. The van der Waals surface area contributed by atoms with E-state index >= 15 is 0 Å². The molecule has 5 heteroatoms. The summed E-state index contributed by atoms with van der Waals surface area (Å²) in [4.78, 5) is 0.389. The summed E-state index contributed by atoms with van der Waals surface area (Å²) in [5.74, 6) is -1.62. The summed E-state index contributed by atoms with van der Waals surface area (Å²) in [5, 5.41) is 0. The Morgan fingerprint density at radius 1 is 1.00 bits per heavy atom. The summed E-state index contributed by atoms with van der Waals surface area (Å²) in [6.45, 7) is 0. The Labute approximate surface area is 106 Å². The molecule has 0 bridgehead atoms. The first-order valence-electron chi connectivity index (χ1n) is 5.25. The van der Waals surface area contributed by atoms with Crippen LogP contribution in [0.1, 0.15) is 5.56 Å². The smallest absolute Gasteiger partial charge is 0.130 e. The highest BCUT2D eigenvalue weighted by Gasteiger charge is 2.14. The third-order valence-electron chi connectivity index (χ3n) is 2.50. The highest BCUT2D eigenvalue weighted by Crippen LogP contribution is 2.21. The third-order valence-corrected chi connectivity index (χ3v) is 3.91. The maximum atomic E-state index is 13.4. The van der Waals surface area contributed by atoms with E-state index in [0.29, 0.717) is 10.6 Å². The minimum Gasteiger partial charge on any atom is -0.398 e. The van der Waals surface area contributed by atoms with Gasteiger partial charge in [-0.25, -0.2) is 8.78 Å². The van der Waals surface area contributed by atoms with Gasteiger partial charge in [-0.1, -0.05) is 18.2 Å². The summed E-state index contributed by atoms with van der Waals surface area (Å²) in [7, 11) is -1.57. The number of hydrogen-bond donors (Lipinski definition) is 1. The number of rotatable bonds is 3. The topological polar surface area (TPSA) is 43.1 Å². The van der Waals surface area contributed by atoms with Crippen molar-refractivity contribution >= 4 is 16.5 Å². The van der Waals surface area contributed by atoms with Crippen LogP contribution in [0.4, 0.5) is 14.5 Å². The Bertz CT molecular complexity index is 581. The second-order valence-corrected chi connectivity index (χ2v) is 5.15. The summed E-state index contributed by atoms with van der Waals surface area (Å²) in [6, 6.07) is 10.1. The summed E-state index contributed by atoms with van der Waals surface area (Å²) in [5.41, 5.74) is 5.84. The normalized spacial score (nSPS) is 12.3. The van der Waals surface area contributed by atoms with Crippen molar-refractivity contribution in [3.05, 3.63) is 59.7 Å². The standard InChI is InChI=1S/C13H11F2NOS/c14-10-4-3-5-11(15)9(10)8-18(17)13-7-2-1-6-12(13)16/h1-7H,8,16H2. The monoisotopic (exact) mass is 267 g/mol. The van der Waals surface area contributed by atoms with E-state index in [1.165, 1.54) is 6.07 Å². The van der Waals surface area contributed by atoms with Gasteiger partial charge in [0, 0.05) is 11.3 Å². The van der Waals surface area contributed by atoms with Crippen molar-refractivity contribution in [1.29, 1.82) is 0 Å². The molecule has 0 aliphatic rings. The first-order valence-corrected chi connectivity index (χ1v) is 6.57. The van der Waals surface area contributed by atoms with Crippen LogP contribution in [0.5, 0.6) is 0 Å². The fourth-order valence-electron chi connectivity index (χ4n) is 1.57. The Hall–Kier alpha value is -1.75. The van der Waals surface area contributed by atoms with E-state index in [1.807, 2.05) is 0 Å². The average molecular weight is 267 g/mol. The predicted octanol–water partition coefficient (Wildman–Crippen LogP) is 2.85. The summed E-state index contributed by atoms with van der Waals surface area (Å²) < 4.78 is 38.9. The van der Waals surface area contributed by atoms with E-state index in [-0.39, 0.29) is 11.3 Å². The number of hydrogen-bond acceptors (Lipinski definition) is 2. The first kappa shape index (κ1) is 12.7. The molecule has 0 heterocycles. The molecule has 0 radical (unpaired) electrons. The zero-order chi connectivity index (χ0) is 13.1. The van der Waals surface area contributed by atoms with Crippen molar-refractivity contribution < 1.29 is 13.0 Å². The Kier molecular flexibility index (Phi) is 3.72. The van der Waals surface area contributed by atoms with Gasteiger partial charge in [-0.05, 0) is 24.3 Å². The lowest BCUT2D eigenvalue weighted by Crippen LogP contribution is -2.04. The largest absolute Gasteiger partial charge is 0.398 e. The van der Waals surface area contributed by atoms with Crippen molar-refractivity contribution in [2.24, 2.45) is 0 Å². The fraction of sp³-hybridized carbons (Fsp3) is 0.0769. The Balaban J connectivity index is 2.30. The van der Waals surface area contributed by atoms with Gasteiger partial charge in [-0.2, -0.15) is 0 Å². The van der Waals surface area contributed by atoms with E-state index in [4.69, 9.17) is 5.73 Å². The Morgan fingerprint density at radius 3 is 2.22 bits per heavy atom. The highest BCUT2D eigenvalue weighted by molar-refractivity contribution is 7.84. The van der Waals surface area contributed by atoms with Crippen LogP contribution in [0.3, 0.4) is 0 Å². The molecule has 0 spiro atoms. The van der Waals surface area contributed by atoms with Crippen LogP contribution < -0.4 is 5.73 Å². The van der Waals surface area contributed by atoms with Crippen molar-refractivity contribution in [2.45, 2.75) is 10.6 Å².